The van der Waals surface area contributed by atoms with Crippen molar-refractivity contribution < 1.29 is 9.90 Å². The van der Waals surface area contributed by atoms with E-state index < -0.39 is 5.69 Å². The first-order valence-corrected chi connectivity index (χ1v) is 6.13. The summed E-state index contributed by atoms with van der Waals surface area (Å²) in [6, 6.07) is 1.61. The van der Waals surface area contributed by atoms with E-state index in [9.17, 15) is 9.59 Å². The molecule has 2 N–H and O–H groups in total. The first-order chi connectivity index (χ1) is 8.74. The largest absolute Gasteiger partial charge is 0.396 e. The number of aliphatic hydroxyl groups excluding tert-OH is 1. The van der Waals surface area contributed by atoms with Crippen LogP contribution in [-0.4, -0.2) is 33.7 Å². The van der Waals surface area contributed by atoms with Crippen LogP contribution in [0.5, 0.6) is 0 Å². The molecule has 0 saturated carbocycles. The Bertz CT molecular complexity index is 417. The summed E-state index contributed by atoms with van der Waals surface area (Å²) in [6.07, 6.45) is 6.57. The van der Waals surface area contributed by atoms with Crippen LogP contribution in [0.4, 0.5) is 0 Å². The number of amides is 1. The topological polar surface area (TPSA) is 84.2 Å². The van der Waals surface area contributed by atoms with Crippen LogP contribution in [0.15, 0.2) is 23.3 Å². The normalized spacial score (nSPS) is 10.3. The number of nitrogens with one attached hydrogen (secondary N) is 1. The van der Waals surface area contributed by atoms with Crippen LogP contribution in [0, 0.1) is 0 Å². The molecule has 0 bridgehead atoms. The summed E-state index contributed by atoms with van der Waals surface area (Å²) in [5.41, 5.74) is -0.421. The molecule has 0 spiro atoms. The number of carbonyl (C=O) groups is 1. The van der Waals surface area contributed by atoms with E-state index in [1.54, 1.807) is 6.07 Å². The standard InChI is InChI=1S/C12H19N3O3/c16-9-4-2-1-3-6-13-11(17)10-15-8-5-7-14-12(15)18/h5,7-8,16H,1-4,6,9-10H2,(H,13,17). The smallest absolute Gasteiger partial charge is 0.347 e. The Morgan fingerprint density at radius 1 is 1.33 bits per heavy atom. The van der Waals surface area contributed by atoms with Crippen molar-refractivity contribution in [1.82, 2.24) is 14.9 Å². The Kier molecular flexibility index (Phi) is 6.71. The summed E-state index contributed by atoms with van der Waals surface area (Å²) in [5.74, 6) is -0.188. The zero-order chi connectivity index (χ0) is 13.2. The Morgan fingerprint density at radius 3 is 2.83 bits per heavy atom. The maximum Gasteiger partial charge on any atom is 0.347 e. The van der Waals surface area contributed by atoms with Crippen molar-refractivity contribution >= 4 is 5.91 Å². The molecule has 100 valence electrons. The molecule has 1 amide bonds. The number of hydrogen-bond acceptors (Lipinski definition) is 4. The zero-order valence-electron chi connectivity index (χ0n) is 10.3. The molecule has 1 aromatic heterocycles. The molecule has 6 heteroatoms. The number of carbonyl (C=O) groups excluding carboxylic acids is 1. The fraction of sp³-hybridized carbons (Fsp3) is 0.583. The number of nitrogens with zero attached hydrogens (tertiary/aromatic N) is 2. The van der Waals surface area contributed by atoms with E-state index in [0.717, 1.165) is 25.7 Å². The van der Waals surface area contributed by atoms with Crippen molar-refractivity contribution in [2.75, 3.05) is 13.2 Å². The van der Waals surface area contributed by atoms with Gasteiger partial charge in [0.05, 0.1) is 0 Å². The second-order valence-corrected chi connectivity index (χ2v) is 4.02. The third-order valence-corrected chi connectivity index (χ3v) is 2.50. The zero-order valence-corrected chi connectivity index (χ0v) is 10.3. The summed E-state index contributed by atoms with van der Waals surface area (Å²) in [6.45, 7) is 0.818. The van der Waals surface area contributed by atoms with E-state index in [1.807, 2.05) is 0 Å². The molecular weight excluding hydrogens is 234 g/mol. The fourth-order valence-corrected chi connectivity index (χ4v) is 1.54. The third kappa shape index (κ3) is 5.58. The summed E-state index contributed by atoms with van der Waals surface area (Å²) in [4.78, 5) is 26.3. The van der Waals surface area contributed by atoms with Crippen molar-refractivity contribution in [3.8, 4) is 0 Å². The average Bonchev–Trinajstić information content (AvgIpc) is 2.36. The van der Waals surface area contributed by atoms with E-state index in [0.29, 0.717) is 6.54 Å². The van der Waals surface area contributed by atoms with E-state index in [1.165, 1.54) is 17.0 Å². The lowest BCUT2D eigenvalue weighted by atomic mass is 10.2. The molecule has 0 aliphatic carbocycles. The Balaban J connectivity index is 2.18. The molecular formula is C12H19N3O3. The maximum atomic E-state index is 11.5. The van der Waals surface area contributed by atoms with Gasteiger partial charge in [0, 0.05) is 25.5 Å². The maximum absolute atomic E-state index is 11.5. The number of aliphatic hydroxyl groups is 1. The molecule has 0 fully saturated rings. The SMILES string of the molecule is O=C(Cn1cccnc1=O)NCCCCCCO. The van der Waals surface area contributed by atoms with Gasteiger partial charge in [0.1, 0.15) is 6.54 Å². The molecule has 0 atom stereocenters. The second kappa shape index (κ2) is 8.41. The predicted octanol–water partition coefficient (Wildman–Crippen LogP) is -0.0878. The first-order valence-electron chi connectivity index (χ1n) is 6.13. The summed E-state index contributed by atoms with van der Waals surface area (Å²) in [5, 5.41) is 11.3. The molecule has 18 heavy (non-hydrogen) atoms. The van der Waals surface area contributed by atoms with Gasteiger partial charge in [-0.15, -0.1) is 0 Å². The summed E-state index contributed by atoms with van der Waals surface area (Å²) >= 11 is 0. The molecule has 6 nitrogen and oxygen atoms in total. The minimum absolute atomic E-state index is 0.00329. The van der Waals surface area contributed by atoms with Gasteiger partial charge in [-0.2, -0.15) is 0 Å². The monoisotopic (exact) mass is 253 g/mol. The average molecular weight is 253 g/mol. The van der Waals surface area contributed by atoms with Gasteiger partial charge in [-0.25, -0.2) is 9.78 Å². The molecule has 0 aromatic carbocycles. The number of aromatic nitrogens is 2. The molecule has 1 heterocycles. The minimum atomic E-state index is -0.421. The van der Waals surface area contributed by atoms with Crippen LogP contribution < -0.4 is 11.0 Å². The van der Waals surface area contributed by atoms with Crippen molar-refractivity contribution in [2.24, 2.45) is 0 Å². The van der Waals surface area contributed by atoms with Crippen LogP contribution in [0.25, 0.3) is 0 Å². The van der Waals surface area contributed by atoms with Crippen molar-refractivity contribution in [3.05, 3.63) is 28.9 Å². The van der Waals surface area contributed by atoms with E-state index in [4.69, 9.17) is 5.11 Å². The Hall–Kier alpha value is -1.69. The van der Waals surface area contributed by atoms with Gasteiger partial charge in [-0.3, -0.25) is 9.36 Å². The van der Waals surface area contributed by atoms with Crippen molar-refractivity contribution in [2.45, 2.75) is 32.2 Å². The predicted molar refractivity (Wildman–Crippen MR) is 67.1 cm³/mol. The van der Waals surface area contributed by atoms with Gasteiger partial charge in [0.25, 0.3) is 0 Å². The van der Waals surface area contributed by atoms with E-state index in [2.05, 4.69) is 10.3 Å². The molecule has 0 unspecified atom stereocenters. The summed E-state index contributed by atoms with van der Waals surface area (Å²) in [7, 11) is 0. The van der Waals surface area contributed by atoms with E-state index >= 15 is 0 Å². The van der Waals surface area contributed by atoms with Gasteiger partial charge in [-0.05, 0) is 18.9 Å². The highest BCUT2D eigenvalue weighted by atomic mass is 16.3. The lowest BCUT2D eigenvalue weighted by Crippen LogP contribution is -2.33. The van der Waals surface area contributed by atoms with Crippen LogP contribution in [0.1, 0.15) is 25.7 Å². The molecule has 1 aromatic rings. The molecule has 0 aliphatic heterocycles. The highest BCUT2D eigenvalue weighted by molar-refractivity contribution is 5.75. The van der Waals surface area contributed by atoms with Gasteiger partial charge >= 0.3 is 5.69 Å². The van der Waals surface area contributed by atoms with E-state index in [-0.39, 0.29) is 19.1 Å². The van der Waals surface area contributed by atoms with Crippen LogP contribution in [0.2, 0.25) is 0 Å². The minimum Gasteiger partial charge on any atom is -0.396 e. The molecule has 1 rings (SSSR count). The van der Waals surface area contributed by atoms with Gasteiger partial charge in [-0.1, -0.05) is 12.8 Å². The molecule has 0 aliphatic rings. The van der Waals surface area contributed by atoms with Gasteiger partial charge < -0.3 is 10.4 Å². The van der Waals surface area contributed by atoms with Crippen LogP contribution in [0.3, 0.4) is 0 Å². The van der Waals surface area contributed by atoms with Crippen molar-refractivity contribution in [1.29, 1.82) is 0 Å². The Morgan fingerprint density at radius 2 is 2.11 bits per heavy atom. The second-order valence-electron chi connectivity index (χ2n) is 4.02. The van der Waals surface area contributed by atoms with Crippen molar-refractivity contribution in [3.63, 3.8) is 0 Å². The van der Waals surface area contributed by atoms with Crippen LogP contribution in [-0.2, 0) is 11.3 Å². The third-order valence-electron chi connectivity index (χ3n) is 2.50. The summed E-state index contributed by atoms with van der Waals surface area (Å²) < 4.78 is 1.26. The highest BCUT2D eigenvalue weighted by Crippen LogP contribution is 1.97. The lowest BCUT2D eigenvalue weighted by Gasteiger charge is -2.06. The number of unbranched alkanes of at least 4 members (excludes halogenated alkanes) is 3. The Labute approximate surface area is 106 Å². The lowest BCUT2D eigenvalue weighted by molar-refractivity contribution is -0.121. The quantitative estimate of drug-likeness (QED) is 0.634. The van der Waals surface area contributed by atoms with Crippen LogP contribution >= 0.6 is 0 Å². The molecule has 0 radical (unpaired) electrons. The number of rotatable bonds is 8. The number of hydrogen-bond donors (Lipinski definition) is 2. The fourth-order valence-electron chi connectivity index (χ4n) is 1.54. The highest BCUT2D eigenvalue weighted by Gasteiger charge is 2.03. The first kappa shape index (κ1) is 14.4. The van der Waals surface area contributed by atoms with Gasteiger partial charge in [0.2, 0.25) is 5.91 Å². The molecule has 0 saturated heterocycles. The van der Waals surface area contributed by atoms with Gasteiger partial charge in [0.15, 0.2) is 0 Å².